The molecule has 0 unspecified atom stereocenters. The fourth-order valence-corrected chi connectivity index (χ4v) is 4.53. The average Bonchev–Trinajstić information content (AvgIpc) is 2.86. The van der Waals surface area contributed by atoms with E-state index in [4.69, 9.17) is 19.2 Å². The van der Waals surface area contributed by atoms with Crippen LogP contribution in [0.15, 0.2) is 47.6 Å². The Hall–Kier alpha value is -2.24. The van der Waals surface area contributed by atoms with E-state index in [0.717, 1.165) is 10.9 Å². The average molecular weight is 674 g/mol. The van der Waals surface area contributed by atoms with Crippen molar-refractivity contribution >= 4 is 70.9 Å². The van der Waals surface area contributed by atoms with Gasteiger partial charge in [0.05, 0.1) is 35.8 Å². The first-order valence-electron chi connectivity index (χ1n) is 10.7. The molecular formula is C24H24Br3N3O5. The Morgan fingerprint density at radius 2 is 1.89 bits per heavy atom. The monoisotopic (exact) mass is 671 g/mol. The van der Waals surface area contributed by atoms with Crippen LogP contribution < -0.4 is 15.0 Å². The molecule has 186 valence electrons. The Morgan fingerprint density at radius 3 is 2.51 bits per heavy atom. The van der Waals surface area contributed by atoms with Crippen molar-refractivity contribution < 1.29 is 19.0 Å². The number of aromatic nitrogens is 2. The van der Waals surface area contributed by atoms with E-state index in [2.05, 4.69) is 52.9 Å². The van der Waals surface area contributed by atoms with Crippen molar-refractivity contribution in [2.75, 3.05) is 14.2 Å². The van der Waals surface area contributed by atoms with Gasteiger partial charge >= 0.3 is 5.97 Å². The number of hydrogen-bond donors (Lipinski definition) is 0. The third-order valence-electron chi connectivity index (χ3n) is 5.40. The van der Waals surface area contributed by atoms with Gasteiger partial charge in [0.15, 0.2) is 17.6 Å². The predicted octanol–water partition coefficient (Wildman–Crippen LogP) is 6.03. The van der Waals surface area contributed by atoms with Crippen molar-refractivity contribution in [3.8, 4) is 11.5 Å². The maximum absolute atomic E-state index is 13.4. The molecule has 0 aliphatic rings. The first kappa shape index (κ1) is 27.3. The molecule has 0 aliphatic carbocycles. The zero-order valence-electron chi connectivity index (χ0n) is 19.8. The molecule has 0 radical (unpaired) electrons. The number of benzene rings is 2. The molecule has 35 heavy (non-hydrogen) atoms. The minimum atomic E-state index is -0.851. The summed E-state index contributed by atoms with van der Waals surface area (Å²) in [5, 5.41) is 4.97. The van der Waals surface area contributed by atoms with Crippen LogP contribution >= 0.6 is 47.8 Å². The lowest BCUT2D eigenvalue weighted by Gasteiger charge is -2.18. The summed E-state index contributed by atoms with van der Waals surface area (Å²) in [5.41, 5.74) is 0.965. The third kappa shape index (κ3) is 5.78. The number of carbonyl (C=O) groups excluding carboxylic acids is 1. The molecule has 2 aromatic carbocycles. The molecule has 11 heteroatoms. The molecule has 0 amide bonds. The molecule has 0 fully saturated rings. The summed E-state index contributed by atoms with van der Waals surface area (Å²) in [6.45, 7) is 5.61. The molecule has 3 rings (SSSR count). The first-order chi connectivity index (χ1) is 16.6. The highest BCUT2D eigenvalue weighted by molar-refractivity contribution is 9.13. The second-order valence-corrected chi connectivity index (χ2v) is 10.2. The van der Waals surface area contributed by atoms with Gasteiger partial charge in [0.1, 0.15) is 5.82 Å². The van der Waals surface area contributed by atoms with E-state index in [9.17, 15) is 9.59 Å². The lowest BCUT2D eigenvalue weighted by atomic mass is 10.1. The molecular weight excluding hydrogens is 650 g/mol. The molecule has 0 spiro atoms. The van der Waals surface area contributed by atoms with Gasteiger partial charge in [-0.3, -0.25) is 4.79 Å². The summed E-state index contributed by atoms with van der Waals surface area (Å²) in [7, 11) is 2.78. The number of rotatable bonds is 8. The van der Waals surface area contributed by atoms with Gasteiger partial charge in [0, 0.05) is 20.4 Å². The zero-order valence-corrected chi connectivity index (χ0v) is 24.5. The highest BCUT2D eigenvalue weighted by Gasteiger charge is 2.23. The Kier molecular flexibility index (Phi) is 9.11. The number of ether oxygens (including phenoxy) is 3. The largest absolute Gasteiger partial charge is 0.493 e. The maximum Gasteiger partial charge on any atom is 0.346 e. The SMILES string of the molecule is CC[C@H](C)c1nc2ccc(Br)cc2c(=O)n1N=Cc1cc(OC)c(O[C@@H](C)C(=O)OC)c(Br)c1Br. The normalized spacial score (nSPS) is 13.1. The summed E-state index contributed by atoms with van der Waals surface area (Å²) < 4.78 is 19.2. The molecule has 3 aromatic rings. The van der Waals surface area contributed by atoms with Crippen molar-refractivity contribution in [1.29, 1.82) is 0 Å². The highest BCUT2D eigenvalue weighted by atomic mass is 79.9. The fourth-order valence-electron chi connectivity index (χ4n) is 3.25. The molecule has 0 saturated carbocycles. The number of fused-ring (bicyclic) bond motifs is 1. The van der Waals surface area contributed by atoms with Crippen LogP contribution in [0.4, 0.5) is 0 Å². The second-order valence-electron chi connectivity index (χ2n) is 7.71. The number of carbonyl (C=O) groups is 1. The highest BCUT2D eigenvalue weighted by Crippen LogP contribution is 2.42. The van der Waals surface area contributed by atoms with Gasteiger partial charge in [0.2, 0.25) is 0 Å². The van der Waals surface area contributed by atoms with E-state index in [1.807, 2.05) is 26.0 Å². The Bertz CT molecular complexity index is 1360. The Morgan fingerprint density at radius 1 is 1.17 bits per heavy atom. The van der Waals surface area contributed by atoms with Crippen LogP contribution in [0.2, 0.25) is 0 Å². The molecule has 1 heterocycles. The van der Waals surface area contributed by atoms with Gasteiger partial charge in [-0.05, 0) is 69.5 Å². The van der Waals surface area contributed by atoms with Gasteiger partial charge in [-0.15, -0.1) is 0 Å². The summed E-state index contributed by atoms with van der Waals surface area (Å²) in [6, 6.07) is 7.10. The fraction of sp³-hybridized carbons (Fsp3) is 0.333. The first-order valence-corrected chi connectivity index (χ1v) is 13.1. The minimum Gasteiger partial charge on any atom is -0.493 e. The van der Waals surface area contributed by atoms with Crippen LogP contribution in [0.1, 0.15) is 44.5 Å². The van der Waals surface area contributed by atoms with Gasteiger partial charge in [-0.1, -0.05) is 29.8 Å². The standard InChI is InChI=1S/C24H24Br3N3O5/c1-6-12(2)22-29-17-8-7-15(25)10-16(17)23(31)30(22)28-11-14-9-18(33-4)21(20(27)19(14)26)35-13(3)24(32)34-5/h7-13H,6H2,1-5H3/t12-,13-/m0/s1. The number of halogens is 3. The molecule has 0 N–H and O–H groups in total. The van der Waals surface area contributed by atoms with Crippen molar-refractivity contribution in [1.82, 2.24) is 9.66 Å². The van der Waals surface area contributed by atoms with Gasteiger partial charge in [0.25, 0.3) is 5.56 Å². The van der Waals surface area contributed by atoms with Gasteiger partial charge in [-0.2, -0.15) is 9.78 Å². The molecule has 2 atom stereocenters. The number of methoxy groups -OCH3 is 2. The lowest BCUT2D eigenvalue weighted by Crippen LogP contribution is -2.25. The molecule has 8 nitrogen and oxygen atoms in total. The Labute approximate surface area is 228 Å². The minimum absolute atomic E-state index is 0.00759. The number of hydrogen-bond acceptors (Lipinski definition) is 7. The smallest absolute Gasteiger partial charge is 0.346 e. The Balaban J connectivity index is 2.13. The van der Waals surface area contributed by atoms with Crippen LogP contribution in [0, 0.1) is 0 Å². The van der Waals surface area contributed by atoms with E-state index in [0.29, 0.717) is 42.7 Å². The van der Waals surface area contributed by atoms with E-state index < -0.39 is 12.1 Å². The molecule has 0 saturated heterocycles. The quantitative estimate of drug-likeness (QED) is 0.214. The molecule has 0 aliphatic heterocycles. The van der Waals surface area contributed by atoms with Crippen LogP contribution in [-0.4, -0.2) is 42.2 Å². The molecule has 0 bridgehead atoms. The summed E-state index contributed by atoms with van der Waals surface area (Å²) in [4.78, 5) is 29.9. The maximum atomic E-state index is 13.4. The zero-order chi connectivity index (χ0) is 25.9. The summed E-state index contributed by atoms with van der Waals surface area (Å²) >= 11 is 10.5. The van der Waals surface area contributed by atoms with E-state index in [-0.39, 0.29) is 11.5 Å². The third-order valence-corrected chi connectivity index (χ3v) is 8.04. The number of nitrogens with zero attached hydrogens (tertiary/aromatic N) is 3. The summed E-state index contributed by atoms with van der Waals surface area (Å²) in [6.07, 6.45) is 1.48. The van der Waals surface area contributed by atoms with Crippen LogP contribution in [-0.2, 0) is 9.53 Å². The lowest BCUT2D eigenvalue weighted by molar-refractivity contribution is -0.147. The van der Waals surface area contributed by atoms with Crippen LogP contribution in [0.3, 0.4) is 0 Å². The predicted molar refractivity (Wildman–Crippen MR) is 146 cm³/mol. The second kappa shape index (κ2) is 11.7. The number of esters is 1. The van der Waals surface area contributed by atoms with Crippen molar-refractivity contribution in [3.63, 3.8) is 0 Å². The van der Waals surface area contributed by atoms with E-state index >= 15 is 0 Å². The topological polar surface area (TPSA) is 92.0 Å². The van der Waals surface area contributed by atoms with Crippen molar-refractivity contribution in [3.05, 3.63) is 59.4 Å². The molecule has 1 aromatic heterocycles. The van der Waals surface area contributed by atoms with Crippen molar-refractivity contribution in [2.45, 2.75) is 39.2 Å². The van der Waals surface area contributed by atoms with Crippen LogP contribution in [0.5, 0.6) is 11.5 Å². The summed E-state index contributed by atoms with van der Waals surface area (Å²) in [5.74, 6) is 0.746. The van der Waals surface area contributed by atoms with E-state index in [1.54, 1.807) is 25.3 Å². The van der Waals surface area contributed by atoms with E-state index in [1.165, 1.54) is 18.9 Å². The van der Waals surface area contributed by atoms with Crippen LogP contribution in [0.25, 0.3) is 10.9 Å². The van der Waals surface area contributed by atoms with Crippen molar-refractivity contribution in [2.24, 2.45) is 5.10 Å². The van der Waals surface area contributed by atoms with Gasteiger partial charge in [-0.25, -0.2) is 9.78 Å². The van der Waals surface area contributed by atoms with Gasteiger partial charge < -0.3 is 14.2 Å².